The lowest BCUT2D eigenvalue weighted by atomic mass is 9.98. The highest BCUT2D eigenvalue weighted by molar-refractivity contribution is 6.11. The quantitative estimate of drug-likeness (QED) is 0.343. The van der Waals surface area contributed by atoms with Crippen molar-refractivity contribution in [3.63, 3.8) is 0 Å². The van der Waals surface area contributed by atoms with Crippen molar-refractivity contribution in [1.29, 1.82) is 10.8 Å². The first-order chi connectivity index (χ1) is 14.8. The van der Waals surface area contributed by atoms with Gasteiger partial charge >= 0.3 is 6.18 Å². The predicted octanol–water partition coefficient (Wildman–Crippen LogP) is 6.34. The van der Waals surface area contributed by atoms with E-state index < -0.39 is 17.3 Å². The van der Waals surface area contributed by atoms with Gasteiger partial charge in [0, 0.05) is 22.7 Å². The van der Waals surface area contributed by atoms with E-state index in [1.807, 2.05) is 34.6 Å². The van der Waals surface area contributed by atoms with E-state index in [1.165, 1.54) is 17.0 Å². The second-order valence-corrected chi connectivity index (χ2v) is 8.57. The van der Waals surface area contributed by atoms with Crippen LogP contribution < -0.4 is 10.2 Å². The van der Waals surface area contributed by atoms with Crippen molar-refractivity contribution in [2.45, 2.75) is 52.8 Å². The number of carbonyl (C=O) groups is 1. The van der Waals surface area contributed by atoms with Gasteiger partial charge in [-0.05, 0) is 61.7 Å². The molecule has 0 aliphatic rings. The number of anilines is 1. The van der Waals surface area contributed by atoms with E-state index >= 15 is 0 Å². The second-order valence-electron chi connectivity index (χ2n) is 8.57. The molecule has 0 atom stereocenters. The van der Waals surface area contributed by atoms with Gasteiger partial charge in [-0.3, -0.25) is 20.5 Å². The summed E-state index contributed by atoms with van der Waals surface area (Å²) in [6, 6.07) is 9.53. The highest BCUT2D eigenvalue weighted by atomic mass is 19.4. The molecule has 0 radical (unpaired) electrons. The first-order valence-electron chi connectivity index (χ1n) is 10.3. The third kappa shape index (κ3) is 5.96. The molecule has 0 saturated heterocycles. The number of halogens is 3. The standard InChI is InChI=1S/C24H29F3N4O/c1-6-23(4,5)30-22(32)18-11-17(16-7-9-19(10-8-16)24(25,26)27)12-20(13-18)31(14-28)21(29)15(2)3/h7-15,28-29H,6H2,1-5H3,(H,30,32). The Kier molecular flexibility index (Phi) is 7.49. The average Bonchev–Trinajstić information content (AvgIpc) is 2.73. The molecular weight excluding hydrogens is 417 g/mol. The molecule has 3 N–H and O–H groups in total. The molecule has 0 aliphatic heterocycles. The van der Waals surface area contributed by atoms with Crippen molar-refractivity contribution in [1.82, 2.24) is 5.32 Å². The van der Waals surface area contributed by atoms with Gasteiger partial charge in [0.05, 0.1) is 11.9 Å². The molecule has 1 amide bonds. The van der Waals surface area contributed by atoms with Crippen LogP contribution in [0.3, 0.4) is 0 Å². The number of rotatable bonds is 7. The van der Waals surface area contributed by atoms with Crippen molar-refractivity contribution in [3.05, 3.63) is 53.6 Å². The molecule has 32 heavy (non-hydrogen) atoms. The molecule has 0 aromatic heterocycles. The highest BCUT2D eigenvalue weighted by Crippen LogP contribution is 2.33. The van der Waals surface area contributed by atoms with Crippen LogP contribution >= 0.6 is 0 Å². The average molecular weight is 447 g/mol. The van der Waals surface area contributed by atoms with E-state index in [0.29, 0.717) is 28.8 Å². The molecule has 0 aliphatic carbocycles. The minimum absolute atomic E-state index is 0.157. The van der Waals surface area contributed by atoms with E-state index in [2.05, 4.69) is 5.32 Å². The third-order valence-electron chi connectivity index (χ3n) is 5.28. The van der Waals surface area contributed by atoms with Gasteiger partial charge in [0.25, 0.3) is 5.91 Å². The van der Waals surface area contributed by atoms with Crippen LogP contribution in [-0.4, -0.2) is 23.6 Å². The smallest absolute Gasteiger partial charge is 0.347 e. The molecule has 2 aromatic rings. The number of amides is 1. The van der Waals surface area contributed by atoms with Gasteiger partial charge < -0.3 is 5.32 Å². The van der Waals surface area contributed by atoms with Crippen LogP contribution in [-0.2, 0) is 6.18 Å². The number of carbonyl (C=O) groups excluding carboxylic acids is 1. The predicted molar refractivity (Wildman–Crippen MR) is 123 cm³/mol. The summed E-state index contributed by atoms with van der Waals surface area (Å²) < 4.78 is 38.9. The lowest BCUT2D eigenvalue weighted by molar-refractivity contribution is -0.137. The molecular formula is C24H29F3N4O. The molecule has 0 saturated carbocycles. The number of hydrogen-bond donors (Lipinski definition) is 3. The highest BCUT2D eigenvalue weighted by Gasteiger charge is 2.30. The fourth-order valence-electron chi connectivity index (χ4n) is 2.93. The van der Waals surface area contributed by atoms with Gasteiger partial charge in [-0.1, -0.05) is 32.9 Å². The Balaban J connectivity index is 2.61. The normalized spacial score (nSPS) is 11.9. The van der Waals surface area contributed by atoms with Crippen LogP contribution in [0, 0.1) is 16.7 Å². The zero-order valence-electron chi connectivity index (χ0n) is 18.9. The Labute approximate surface area is 186 Å². The second kappa shape index (κ2) is 9.54. The topological polar surface area (TPSA) is 80.0 Å². The van der Waals surface area contributed by atoms with E-state index in [4.69, 9.17) is 10.8 Å². The Morgan fingerprint density at radius 3 is 2.16 bits per heavy atom. The minimum Gasteiger partial charge on any atom is -0.347 e. The van der Waals surface area contributed by atoms with Gasteiger partial charge in [-0.25, -0.2) is 0 Å². The van der Waals surface area contributed by atoms with E-state index in [1.54, 1.807) is 18.2 Å². The minimum atomic E-state index is -4.44. The zero-order valence-corrected chi connectivity index (χ0v) is 18.9. The Morgan fingerprint density at radius 2 is 1.69 bits per heavy atom. The molecule has 0 heterocycles. The number of amidine groups is 1. The van der Waals surface area contributed by atoms with Crippen molar-refractivity contribution < 1.29 is 18.0 Å². The van der Waals surface area contributed by atoms with Gasteiger partial charge in [-0.15, -0.1) is 0 Å². The number of benzene rings is 2. The number of nitrogens with one attached hydrogen (secondary N) is 3. The van der Waals surface area contributed by atoms with E-state index in [9.17, 15) is 18.0 Å². The summed E-state index contributed by atoms with van der Waals surface area (Å²) in [6.45, 7) is 9.37. The van der Waals surface area contributed by atoms with Gasteiger partial charge in [0.15, 0.2) is 0 Å². The first-order valence-corrected chi connectivity index (χ1v) is 10.3. The molecule has 5 nitrogen and oxygen atoms in total. The maximum atomic E-state index is 13.0. The van der Waals surface area contributed by atoms with Crippen molar-refractivity contribution in [2.24, 2.45) is 5.92 Å². The Hall–Kier alpha value is -3.16. The summed E-state index contributed by atoms with van der Waals surface area (Å²) in [5.74, 6) is -0.361. The molecule has 172 valence electrons. The van der Waals surface area contributed by atoms with Crippen LogP contribution in [0.2, 0.25) is 0 Å². The van der Waals surface area contributed by atoms with Crippen LogP contribution in [0.25, 0.3) is 11.1 Å². The first kappa shape index (κ1) is 25.1. The molecule has 2 aromatic carbocycles. The number of alkyl halides is 3. The van der Waals surface area contributed by atoms with Gasteiger partial charge in [-0.2, -0.15) is 13.2 Å². The summed E-state index contributed by atoms with van der Waals surface area (Å²) in [5, 5.41) is 19.0. The van der Waals surface area contributed by atoms with Crippen LogP contribution in [0.1, 0.15) is 57.0 Å². The SMILES string of the molecule is CCC(C)(C)NC(=O)c1cc(-c2ccc(C(F)(F)F)cc2)cc(N(C=N)C(=N)C(C)C)c1. The fourth-order valence-corrected chi connectivity index (χ4v) is 2.93. The molecule has 0 fully saturated rings. The maximum absolute atomic E-state index is 13.0. The lowest BCUT2D eigenvalue weighted by Crippen LogP contribution is -2.42. The summed E-state index contributed by atoms with van der Waals surface area (Å²) in [6.07, 6.45) is -2.75. The maximum Gasteiger partial charge on any atom is 0.416 e. The summed E-state index contributed by atoms with van der Waals surface area (Å²) in [4.78, 5) is 14.3. The van der Waals surface area contributed by atoms with Crippen molar-refractivity contribution >= 4 is 23.8 Å². The van der Waals surface area contributed by atoms with Crippen molar-refractivity contribution in [2.75, 3.05) is 4.90 Å². The summed E-state index contributed by atoms with van der Waals surface area (Å²) in [7, 11) is 0. The monoisotopic (exact) mass is 446 g/mol. The molecule has 0 bridgehead atoms. The van der Waals surface area contributed by atoms with Gasteiger partial charge in [0.2, 0.25) is 0 Å². The van der Waals surface area contributed by atoms with E-state index in [-0.39, 0.29) is 17.7 Å². The lowest BCUT2D eigenvalue weighted by Gasteiger charge is -2.26. The molecule has 8 heteroatoms. The summed E-state index contributed by atoms with van der Waals surface area (Å²) >= 11 is 0. The third-order valence-corrected chi connectivity index (χ3v) is 5.28. The number of nitrogens with zero attached hydrogens (tertiary/aromatic N) is 1. The van der Waals surface area contributed by atoms with Crippen molar-refractivity contribution in [3.8, 4) is 11.1 Å². The largest absolute Gasteiger partial charge is 0.416 e. The molecule has 0 spiro atoms. The Morgan fingerprint density at radius 1 is 1.09 bits per heavy atom. The van der Waals surface area contributed by atoms with E-state index in [0.717, 1.165) is 18.5 Å². The summed E-state index contributed by atoms with van der Waals surface area (Å²) in [5.41, 5.74) is 0.498. The fraction of sp³-hybridized carbons (Fsp3) is 0.375. The van der Waals surface area contributed by atoms with Crippen LogP contribution in [0.4, 0.5) is 18.9 Å². The Bertz CT molecular complexity index is 995. The molecule has 2 rings (SSSR count). The van der Waals surface area contributed by atoms with Crippen LogP contribution in [0.5, 0.6) is 0 Å². The molecule has 0 unspecified atom stereocenters. The van der Waals surface area contributed by atoms with Gasteiger partial charge in [0.1, 0.15) is 5.84 Å². The van der Waals surface area contributed by atoms with Crippen LogP contribution in [0.15, 0.2) is 42.5 Å². The zero-order chi connectivity index (χ0) is 24.3. The number of hydrogen-bond acceptors (Lipinski definition) is 3.